The largest absolute Gasteiger partial charge is 0.239 e. The van der Waals surface area contributed by atoms with Crippen LogP contribution in [0.25, 0.3) is 5.57 Å². The predicted octanol–water partition coefficient (Wildman–Crippen LogP) is 2.13. The third-order valence-electron chi connectivity index (χ3n) is 3.67. The summed E-state index contributed by atoms with van der Waals surface area (Å²) in [6.07, 6.45) is 12.3. The molecule has 0 spiro atoms. The van der Waals surface area contributed by atoms with Crippen molar-refractivity contribution < 1.29 is 4.99 Å². The number of hydrogen-bond acceptors (Lipinski definition) is 0. The van der Waals surface area contributed by atoms with E-state index in [0.29, 0.717) is 12.0 Å². The highest BCUT2D eigenvalue weighted by atomic mass is 14.8. The molecule has 0 amide bonds. The van der Waals surface area contributed by atoms with Crippen molar-refractivity contribution in [3.63, 3.8) is 0 Å². The predicted molar refractivity (Wildman–Crippen MR) is 76.2 cm³/mol. The van der Waals surface area contributed by atoms with Crippen LogP contribution in [-0.2, 0) is 0 Å². The van der Waals surface area contributed by atoms with Gasteiger partial charge in [-0.15, -0.1) is 0 Å². The van der Waals surface area contributed by atoms with Crippen molar-refractivity contribution in [1.82, 2.24) is 0 Å². The molecule has 2 atom stereocenters. The second kappa shape index (κ2) is 4.77. The molecule has 2 unspecified atom stereocenters. The van der Waals surface area contributed by atoms with Crippen molar-refractivity contribution in [2.75, 3.05) is 0 Å². The van der Waals surface area contributed by atoms with Gasteiger partial charge in [0, 0.05) is 18.9 Å². The average Bonchev–Trinajstić information content (AvgIpc) is 2.87. The quantitative estimate of drug-likeness (QED) is 0.808. The first-order valence-corrected chi connectivity index (χ1v) is 6.54. The van der Waals surface area contributed by atoms with E-state index < -0.39 is 0 Å². The van der Waals surface area contributed by atoms with Gasteiger partial charge in [-0.3, -0.25) is 0 Å². The van der Waals surface area contributed by atoms with Crippen LogP contribution in [0.3, 0.4) is 0 Å². The molecule has 18 heavy (non-hydrogen) atoms. The topological polar surface area (TPSA) is 14.0 Å². The van der Waals surface area contributed by atoms with Gasteiger partial charge in [-0.05, 0) is 23.6 Å². The smallest absolute Gasteiger partial charge is 0.176 e. The van der Waals surface area contributed by atoms with Gasteiger partial charge in [0.05, 0.1) is 0 Å². The van der Waals surface area contributed by atoms with Gasteiger partial charge in [-0.2, -0.15) is 0 Å². The normalized spacial score (nSPS) is 26.1. The summed E-state index contributed by atoms with van der Waals surface area (Å²) in [5.74, 6) is 0.555. The van der Waals surface area contributed by atoms with Gasteiger partial charge < -0.3 is 0 Å². The molecule has 1 aromatic carbocycles. The van der Waals surface area contributed by atoms with E-state index >= 15 is 0 Å². The van der Waals surface area contributed by atoms with Crippen LogP contribution in [0.4, 0.5) is 0 Å². The third kappa shape index (κ3) is 2.21. The molecule has 90 valence electrons. The summed E-state index contributed by atoms with van der Waals surface area (Å²) in [5, 5.41) is 0. The summed E-state index contributed by atoms with van der Waals surface area (Å²) in [6, 6.07) is 11.1. The van der Waals surface area contributed by atoms with Gasteiger partial charge in [0.15, 0.2) is 11.8 Å². The third-order valence-corrected chi connectivity index (χ3v) is 3.67. The summed E-state index contributed by atoms with van der Waals surface area (Å²) in [6.45, 7) is 2.12. The summed E-state index contributed by atoms with van der Waals surface area (Å²) < 4.78 is 0. The Morgan fingerprint density at radius 3 is 2.67 bits per heavy atom. The zero-order chi connectivity index (χ0) is 12.4. The molecule has 1 N–H and O–H groups in total. The monoisotopic (exact) mass is 236 g/mol. The van der Waals surface area contributed by atoms with Crippen LogP contribution in [0.15, 0.2) is 60.7 Å². The van der Waals surface area contributed by atoms with Gasteiger partial charge in [-0.1, -0.05) is 48.6 Å². The summed E-state index contributed by atoms with van der Waals surface area (Å²) >= 11 is 0. The minimum atomic E-state index is 0.452. The molecule has 0 fully saturated rings. The Bertz CT molecular complexity index is 546. The Morgan fingerprint density at radius 2 is 1.94 bits per heavy atom. The van der Waals surface area contributed by atoms with Crippen molar-refractivity contribution >= 4 is 11.3 Å². The maximum atomic E-state index is 3.52. The minimum absolute atomic E-state index is 0.452. The van der Waals surface area contributed by atoms with Crippen molar-refractivity contribution in [3.05, 3.63) is 66.3 Å². The fourth-order valence-electron chi connectivity index (χ4n) is 2.67. The lowest BCUT2D eigenvalue weighted by Crippen LogP contribution is -2.77. The molecule has 1 aliphatic heterocycles. The Hall–Kier alpha value is -1.89. The van der Waals surface area contributed by atoms with Gasteiger partial charge in [0.2, 0.25) is 0 Å². The minimum Gasteiger partial charge on any atom is -0.239 e. The average molecular weight is 236 g/mol. The van der Waals surface area contributed by atoms with Crippen LogP contribution in [0.5, 0.6) is 0 Å². The SMILES string of the molecule is CC1=[NH+]C(C2C=CC=C(c3ccccc3)C2)C=C1. The van der Waals surface area contributed by atoms with Gasteiger partial charge in [0.25, 0.3) is 0 Å². The van der Waals surface area contributed by atoms with E-state index in [-0.39, 0.29) is 0 Å². The van der Waals surface area contributed by atoms with E-state index in [4.69, 9.17) is 0 Å². The van der Waals surface area contributed by atoms with E-state index in [1.807, 2.05) is 0 Å². The Morgan fingerprint density at radius 1 is 1.11 bits per heavy atom. The lowest BCUT2D eigenvalue weighted by atomic mass is 9.86. The molecule has 0 bridgehead atoms. The Balaban J connectivity index is 1.79. The van der Waals surface area contributed by atoms with E-state index in [2.05, 4.69) is 72.6 Å². The fourth-order valence-corrected chi connectivity index (χ4v) is 2.67. The number of benzene rings is 1. The standard InChI is InChI=1S/C17H17N/c1-13-10-11-17(18-13)16-9-5-8-15(12-16)14-6-3-2-4-7-14/h2-11,16-17H,12H2,1H3/p+1. The highest BCUT2D eigenvalue weighted by molar-refractivity contribution is 5.88. The first-order chi connectivity index (χ1) is 8.83. The first-order valence-electron chi connectivity index (χ1n) is 6.54. The summed E-state index contributed by atoms with van der Waals surface area (Å²) in [7, 11) is 0. The number of nitrogens with one attached hydrogen (secondary N) is 1. The van der Waals surface area contributed by atoms with Crippen molar-refractivity contribution in [2.45, 2.75) is 19.4 Å². The second-order valence-electron chi connectivity index (χ2n) is 5.02. The molecule has 1 nitrogen and oxygen atoms in total. The van der Waals surface area contributed by atoms with Gasteiger partial charge >= 0.3 is 0 Å². The van der Waals surface area contributed by atoms with Crippen LogP contribution in [0.1, 0.15) is 18.9 Å². The van der Waals surface area contributed by atoms with Crippen LogP contribution in [0, 0.1) is 5.92 Å². The zero-order valence-corrected chi connectivity index (χ0v) is 10.6. The number of hydrogen-bond donors (Lipinski definition) is 1. The zero-order valence-electron chi connectivity index (χ0n) is 10.6. The highest BCUT2D eigenvalue weighted by Crippen LogP contribution is 2.28. The van der Waals surface area contributed by atoms with Crippen LogP contribution in [-0.4, -0.2) is 11.8 Å². The Labute approximate surface area is 108 Å². The second-order valence-corrected chi connectivity index (χ2v) is 5.02. The van der Waals surface area contributed by atoms with E-state index in [9.17, 15) is 0 Å². The summed E-state index contributed by atoms with van der Waals surface area (Å²) in [4.78, 5) is 3.52. The molecule has 1 aromatic rings. The van der Waals surface area contributed by atoms with Crippen molar-refractivity contribution in [2.24, 2.45) is 5.92 Å². The molecule has 1 heterocycles. The van der Waals surface area contributed by atoms with Crippen LogP contribution < -0.4 is 4.99 Å². The van der Waals surface area contributed by atoms with E-state index in [0.717, 1.165) is 6.42 Å². The molecular weight excluding hydrogens is 218 g/mol. The molecule has 0 radical (unpaired) electrons. The number of rotatable bonds is 2. The van der Waals surface area contributed by atoms with Crippen LogP contribution >= 0.6 is 0 Å². The Kier molecular flexibility index (Phi) is 2.97. The van der Waals surface area contributed by atoms with Crippen LogP contribution in [0.2, 0.25) is 0 Å². The molecule has 2 aliphatic rings. The lowest BCUT2D eigenvalue weighted by Gasteiger charge is -2.18. The molecule has 0 saturated carbocycles. The maximum absolute atomic E-state index is 3.52. The highest BCUT2D eigenvalue weighted by Gasteiger charge is 2.26. The molecule has 1 aliphatic carbocycles. The van der Waals surface area contributed by atoms with Crippen molar-refractivity contribution in [1.29, 1.82) is 0 Å². The lowest BCUT2D eigenvalue weighted by molar-refractivity contribution is -0.491. The van der Waals surface area contributed by atoms with Gasteiger partial charge in [0.1, 0.15) is 0 Å². The molecule has 1 heteroatoms. The fraction of sp³-hybridized carbons (Fsp3) is 0.235. The number of allylic oxidation sites excluding steroid dienone is 4. The molecule has 0 aromatic heterocycles. The van der Waals surface area contributed by atoms with E-state index in [1.165, 1.54) is 16.8 Å². The molecular formula is C17H18N+. The van der Waals surface area contributed by atoms with Crippen molar-refractivity contribution in [3.8, 4) is 0 Å². The molecule has 0 saturated heterocycles. The summed E-state index contributed by atoms with van der Waals surface area (Å²) in [5.41, 5.74) is 4.04. The van der Waals surface area contributed by atoms with E-state index in [1.54, 1.807) is 0 Å². The maximum Gasteiger partial charge on any atom is 0.176 e. The van der Waals surface area contributed by atoms with Gasteiger partial charge in [-0.25, -0.2) is 4.99 Å². The first kappa shape index (κ1) is 11.2. The molecule has 3 rings (SSSR count).